The summed E-state index contributed by atoms with van der Waals surface area (Å²) >= 11 is 1.75. The molecule has 0 saturated carbocycles. The predicted octanol–water partition coefficient (Wildman–Crippen LogP) is 4.39. The molecule has 0 saturated heterocycles. The van der Waals surface area contributed by atoms with Crippen LogP contribution in [-0.2, 0) is 32.6 Å². The molecule has 6 aromatic rings. The van der Waals surface area contributed by atoms with Crippen LogP contribution in [-0.4, -0.2) is 45.1 Å². The van der Waals surface area contributed by atoms with Crippen LogP contribution < -0.4 is 0 Å². The number of nitrogens with zero attached hydrogens (tertiary/aromatic N) is 9. The van der Waals surface area contributed by atoms with Crippen LogP contribution in [0.2, 0.25) is 0 Å². The van der Waals surface area contributed by atoms with Gasteiger partial charge >= 0.3 is 0 Å². The zero-order chi connectivity index (χ0) is 25.2. The molecule has 2 aromatic carbocycles. The summed E-state index contributed by atoms with van der Waals surface area (Å²) in [5.41, 5.74) is 6.54. The summed E-state index contributed by atoms with van der Waals surface area (Å²) < 4.78 is 3.77. The van der Waals surface area contributed by atoms with Crippen molar-refractivity contribution in [3.63, 3.8) is 0 Å². The van der Waals surface area contributed by atoms with E-state index in [4.69, 9.17) is 0 Å². The number of fused-ring (bicyclic) bond motifs is 3. The van der Waals surface area contributed by atoms with Crippen LogP contribution in [0, 0.1) is 13.8 Å². The van der Waals surface area contributed by atoms with E-state index >= 15 is 0 Å². The third-order valence-electron chi connectivity index (χ3n) is 6.59. The van der Waals surface area contributed by atoms with Crippen LogP contribution in [0.15, 0.2) is 66.0 Å². The van der Waals surface area contributed by atoms with Crippen LogP contribution >= 0.6 is 11.3 Å². The maximum atomic E-state index is 4.39. The molecule has 37 heavy (non-hydrogen) atoms. The smallest absolute Gasteiger partial charge is 0.184 e. The highest BCUT2D eigenvalue weighted by atomic mass is 32.1. The van der Waals surface area contributed by atoms with E-state index in [1.807, 2.05) is 15.3 Å². The van der Waals surface area contributed by atoms with Gasteiger partial charge in [-0.3, -0.25) is 4.90 Å². The number of tetrazole rings is 2. The van der Waals surface area contributed by atoms with E-state index in [0.717, 1.165) is 47.4 Å². The maximum absolute atomic E-state index is 4.39. The Morgan fingerprint density at radius 1 is 0.865 bits per heavy atom. The summed E-state index contributed by atoms with van der Waals surface area (Å²) in [7, 11) is 0. The predicted molar refractivity (Wildman–Crippen MR) is 143 cm³/mol. The van der Waals surface area contributed by atoms with Crippen LogP contribution in [0.4, 0.5) is 0 Å². The standard InChI is InChI=1S/C27H27N9S/c1-19-13-20(2)24-15-22(27-29-31-33-36(27)25(24)14-19)16-34(17-23-9-6-12-37-23)18-26-28-30-32-35(26)11-10-21-7-4-3-5-8-21/h3-9,12-15H,10-11,16-18H2,1-2H3. The highest BCUT2D eigenvalue weighted by molar-refractivity contribution is 7.09. The lowest BCUT2D eigenvalue weighted by atomic mass is 10.0. The van der Waals surface area contributed by atoms with Crippen molar-refractivity contribution < 1.29 is 0 Å². The Balaban J connectivity index is 1.32. The van der Waals surface area contributed by atoms with Crippen LogP contribution in [0.25, 0.3) is 16.6 Å². The molecule has 6 rings (SSSR count). The summed E-state index contributed by atoms with van der Waals surface area (Å²) in [5, 5.41) is 28.6. The van der Waals surface area contributed by atoms with Crippen molar-refractivity contribution in [3.05, 3.63) is 99.0 Å². The number of rotatable bonds is 9. The van der Waals surface area contributed by atoms with Crippen molar-refractivity contribution in [1.29, 1.82) is 0 Å². The Labute approximate surface area is 218 Å². The van der Waals surface area contributed by atoms with E-state index in [0.29, 0.717) is 13.1 Å². The number of aromatic nitrogens is 8. The first-order valence-electron chi connectivity index (χ1n) is 12.3. The fraction of sp³-hybridized carbons (Fsp3) is 0.259. The van der Waals surface area contributed by atoms with Gasteiger partial charge in [0.1, 0.15) is 0 Å². The number of thiophene rings is 1. The second-order valence-corrected chi connectivity index (χ2v) is 10.4. The molecular formula is C27H27N9S. The van der Waals surface area contributed by atoms with Gasteiger partial charge in [0.2, 0.25) is 0 Å². The SMILES string of the molecule is Cc1cc(C)c2cc(CN(Cc3cccs3)Cc3nnnn3CCc3ccccc3)c3nnnn3c2c1. The third kappa shape index (κ3) is 4.98. The monoisotopic (exact) mass is 509 g/mol. The van der Waals surface area contributed by atoms with Crippen molar-refractivity contribution in [2.75, 3.05) is 0 Å². The van der Waals surface area contributed by atoms with Gasteiger partial charge in [-0.15, -0.1) is 21.5 Å². The average molecular weight is 510 g/mol. The Bertz CT molecular complexity index is 1640. The molecule has 0 radical (unpaired) electrons. The van der Waals surface area contributed by atoms with Gasteiger partial charge in [-0.2, -0.15) is 4.52 Å². The first-order valence-corrected chi connectivity index (χ1v) is 13.2. The van der Waals surface area contributed by atoms with Crippen molar-refractivity contribution in [1.82, 2.24) is 45.1 Å². The van der Waals surface area contributed by atoms with E-state index in [9.17, 15) is 0 Å². The Morgan fingerprint density at radius 2 is 1.73 bits per heavy atom. The molecule has 0 fully saturated rings. The molecule has 4 heterocycles. The highest BCUT2D eigenvalue weighted by Gasteiger charge is 2.18. The lowest BCUT2D eigenvalue weighted by molar-refractivity contribution is 0.238. The zero-order valence-electron chi connectivity index (χ0n) is 20.8. The Kier molecular flexibility index (Phi) is 6.42. The molecule has 186 valence electrons. The van der Waals surface area contributed by atoms with Crippen molar-refractivity contribution in [3.8, 4) is 0 Å². The van der Waals surface area contributed by atoms with E-state index in [2.05, 4.69) is 110 Å². The van der Waals surface area contributed by atoms with Gasteiger partial charge in [0, 0.05) is 35.5 Å². The summed E-state index contributed by atoms with van der Waals surface area (Å²) in [5.74, 6) is 0.843. The largest absolute Gasteiger partial charge is 0.286 e. The molecular weight excluding hydrogens is 482 g/mol. The summed E-state index contributed by atoms with van der Waals surface area (Å²) in [6.07, 6.45) is 0.874. The Hall–Kier alpha value is -4.02. The lowest BCUT2D eigenvalue weighted by Crippen LogP contribution is -2.25. The van der Waals surface area contributed by atoms with E-state index < -0.39 is 0 Å². The molecule has 0 amide bonds. The molecule has 0 bridgehead atoms. The van der Waals surface area contributed by atoms with Crippen molar-refractivity contribution in [2.45, 2.75) is 46.4 Å². The molecule has 4 aromatic heterocycles. The Morgan fingerprint density at radius 3 is 2.57 bits per heavy atom. The second kappa shape index (κ2) is 10.2. The number of hydrogen-bond acceptors (Lipinski definition) is 8. The number of benzene rings is 2. The molecule has 9 nitrogen and oxygen atoms in total. The molecule has 0 aliphatic rings. The molecule has 0 N–H and O–H groups in total. The summed E-state index contributed by atoms with van der Waals surface area (Å²) in [6, 6.07) is 21.2. The first kappa shape index (κ1) is 23.4. The molecule has 0 atom stereocenters. The number of pyridine rings is 1. The average Bonchev–Trinajstić information content (AvgIpc) is 3.67. The lowest BCUT2D eigenvalue weighted by Gasteiger charge is -2.22. The highest BCUT2D eigenvalue weighted by Crippen LogP contribution is 2.26. The van der Waals surface area contributed by atoms with Gasteiger partial charge in [0.15, 0.2) is 11.5 Å². The third-order valence-corrected chi connectivity index (χ3v) is 7.45. The quantitative estimate of drug-likeness (QED) is 0.286. The molecule has 0 aliphatic carbocycles. The van der Waals surface area contributed by atoms with Gasteiger partial charge in [0.25, 0.3) is 0 Å². The van der Waals surface area contributed by atoms with Gasteiger partial charge < -0.3 is 0 Å². The van der Waals surface area contributed by atoms with Gasteiger partial charge in [-0.05, 0) is 81.4 Å². The summed E-state index contributed by atoms with van der Waals surface area (Å²) in [6.45, 7) is 7.02. The van der Waals surface area contributed by atoms with E-state index in [-0.39, 0.29) is 0 Å². The number of hydrogen-bond donors (Lipinski definition) is 0. The zero-order valence-corrected chi connectivity index (χ0v) is 21.6. The minimum Gasteiger partial charge on any atom is -0.286 e. The van der Waals surface area contributed by atoms with Crippen molar-refractivity contribution >= 4 is 27.9 Å². The number of aryl methyl sites for hydroxylation is 4. The van der Waals surface area contributed by atoms with Crippen LogP contribution in [0.1, 0.15) is 33.0 Å². The minimum absolute atomic E-state index is 0.609. The molecule has 10 heteroatoms. The molecule has 0 spiro atoms. The van der Waals surface area contributed by atoms with Gasteiger partial charge in [-0.25, -0.2) is 4.68 Å². The molecule has 0 aliphatic heterocycles. The first-order chi connectivity index (χ1) is 18.1. The summed E-state index contributed by atoms with van der Waals surface area (Å²) in [4.78, 5) is 3.64. The normalized spacial score (nSPS) is 11.8. The fourth-order valence-corrected chi connectivity index (χ4v) is 5.59. The van der Waals surface area contributed by atoms with E-state index in [1.165, 1.54) is 21.6 Å². The van der Waals surface area contributed by atoms with Gasteiger partial charge in [0.05, 0.1) is 12.1 Å². The van der Waals surface area contributed by atoms with E-state index in [1.54, 1.807) is 11.3 Å². The maximum Gasteiger partial charge on any atom is 0.184 e. The second-order valence-electron chi connectivity index (χ2n) is 9.38. The van der Waals surface area contributed by atoms with Crippen LogP contribution in [0.5, 0.6) is 0 Å². The van der Waals surface area contributed by atoms with Crippen LogP contribution in [0.3, 0.4) is 0 Å². The topological polar surface area (TPSA) is 89.9 Å². The molecule has 0 unspecified atom stereocenters. The minimum atomic E-state index is 0.609. The van der Waals surface area contributed by atoms with Gasteiger partial charge in [-0.1, -0.05) is 42.5 Å². The fourth-order valence-electron chi connectivity index (χ4n) is 4.85. The van der Waals surface area contributed by atoms with Crippen molar-refractivity contribution in [2.24, 2.45) is 0 Å².